The standard InChI is InChI=1S/C13H18N2OS2/c1-9-13(16)15(7-11-3-2-5-18-11)12(14-9)10-4-6-17-8-10/h4,6,8-9,11-12,14H,2-3,5,7H2,1H3. The van der Waals surface area contributed by atoms with Crippen molar-refractivity contribution >= 4 is 29.0 Å². The topological polar surface area (TPSA) is 32.3 Å². The van der Waals surface area contributed by atoms with Crippen LogP contribution in [0.15, 0.2) is 16.8 Å². The van der Waals surface area contributed by atoms with Crippen LogP contribution in [0, 0.1) is 0 Å². The lowest BCUT2D eigenvalue weighted by molar-refractivity contribution is -0.129. The first-order valence-electron chi connectivity index (χ1n) is 6.46. The number of hydrogen-bond donors (Lipinski definition) is 1. The van der Waals surface area contributed by atoms with E-state index in [0.717, 1.165) is 6.54 Å². The summed E-state index contributed by atoms with van der Waals surface area (Å²) in [6, 6.07) is 2.06. The quantitative estimate of drug-likeness (QED) is 0.924. The molecule has 1 aromatic rings. The summed E-state index contributed by atoms with van der Waals surface area (Å²) in [7, 11) is 0. The molecule has 0 bridgehead atoms. The normalized spacial score (nSPS) is 32.4. The molecule has 5 heteroatoms. The molecular weight excluding hydrogens is 264 g/mol. The lowest BCUT2D eigenvalue weighted by atomic mass is 10.2. The summed E-state index contributed by atoms with van der Waals surface area (Å²) in [4.78, 5) is 14.3. The van der Waals surface area contributed by atoms with Gasteiger partial charge in [-0.05, 0) is 47.9 Å². The first-order chi connectivity index (χ1) is 8.75. The zero-order valence-electron chi connectivity index (χ0n) is 10.5. The van der Waals surface area contributed by atoms with Gasteiger partial charge in [0.2, 0.25) is 5.91 Å². The van der Waals surface area contributed by atoms with Crippen LogP contribution in [0.2, 0.25) is 0 Å². The molecule has 3 heterocycles. The Bertz CT molecular complexity index is 415. The Morgan fingerprint density at radius 2 is 2.44 bits per heavy atom. The van der Waals surface area contributed by atoms with E-state index in [4.69, 9.17) is 0 Å². The van der Waals surface area contributed by atoms with Crippen molar-refractivity contribution in [1.29, 1.82) is 0 Å². The molecule has 3 nitrogen and oxygen atoms in total. The monoisotopic (exact) mass is 282 g/mol. The number of nitrogens with one attached hydrogen (secondary N) is 1. The number of nitrogens with zero attached hydrogens (tertiary/aromatic N) is 1. The van der Waals surface area contributed by atoms with E-state index in [9.17, 15) is 4.79 Å². The van der Waals surface area contributed by atoms with E-state index in [0.29, 0.717) is 5.25 Å². The molecule has 3 unspecified atom stereocenters. The molecule has 2 aliphatic heterocycles. The molecule has 0 saturated carbocycles. The van der Waals surface area contributed by atoms with E-state index in [2.05, 4.69) is 22.1 Å². The molecule has 1 amide bonds. The van der Waals surface area contributed by atoms with Gasteiger partial charge < -0.3 is 4.90 Å². The van der Waals surface area contributed by atoms with E-state index in [1.165, 1.54) is 24.2 Å². The number of rotatable bonds is 3. The van der Waals surface area contributed by atoms with Gasteiger partial charge in [-0.3, -0.25) is 10.1 Å². The number of thioether (sulfide) groups is 1. The maximum Gasteiger partial charge on any atom is 0.241 e. The Kier molecular flexibility index (Phi) is 3.63. The van der Waals surface area contributed by atoms with Crippen LogP contribution in [0.3, 0.4) is 0 Å². The third kappa shape index (κ3) is 2.31. The molecule has 1 N–H and O–H groups in total. The fourth-order valence-corrected chi connectivity index (χ4v) is 4.63. The van der Waals surface area contributed by atoms with Crippen molar-refractivity contribution in [2.24, 2.45) is 0 Å². The van der Waals surface area contributed by atoms with Crippen LogP contribution in [0.5, 0.6) is 0 Å². The average Bonchev–Trinajstić information content (AvgIpc) is 3.07. The Balaban J connectivity index is 1.77. The van der Waals surface area contributed by atoms with Crippen molar-refractivity contribution in [1.82, 2.24) is 10.2 Å². The van der Waals surface area contributed by atoms with Crippen molar-refractivity contribution in [3.63, 3.8) is 0 Å². The maximum atomic E-state index is 12.3. The van der Waals surface area contributed by atoms with Gasteiger partial charge in [-0.25, -0.2) is 0 Å². The fraction of sp³-hybridized carbons (Fsp3) is 0.615. The van der Waals surface area contributed by atoms with Crippen LogP contribution in [0.4, 0.5) is 0 Å². The summed E-state index contributed by atoms with van der Waals surface area (Å²) in [5.74, 6) is 1.50. The van der Waals surface area contributed by atoms with E-state index in [1.807, 2.05) is 23.6 Å². The molecule has 2 aliphatic rings. The third-order valence-corrected chi connectivity index (χ3v) is 5.74. The van der Waals surface area contributed by atoms with Crippen molar-refractivity contribution in [2.75, 3.05) is 12.3 Å². The lowest BCUT2D eigenvalue weighted by Crippen LogP contribution is -2.35. The van der Waals surface area contributed by atoms with Crippen molar-refractivity contribution in [3.05, 3.63) is 22.4 Å². The highest BCUT2D eigenvalue weighted by molar-refractivity contribution is 8.00. The van der Waals surface area contributed by atoms with E-state index >= 15 is 0 Å². The summed E-state index contributed by atoms with van der Waals surface area (Å²) < 4.78 is 0. The minimum Gasteiger partial charge on any atom is -0.320 e. The van der Waals surface area contributed by atoms with Crippen LogP contribution >= 0.6 is 23.1 Å². The van der Waals surface area contributed by atoms with E-state index < -0.39 is 0 Å². The van der Waals surface area contributed by atoms with Gasteiger partial charge in [0, 0.05) is 11.8 Å². The molecule has 0 spiro atoms. The second-order valence-corrected chi connectivity index (χ2v) is 7.16. The second-order valence-electron chi connectivity index (χ2n) is 4.97. The smallest absolute Gasteiger partial charge is 0.241 e. The van der Waals surface area contributed by atoms with Crippen LogP contribution in [0.25, 0.3) is 0 Å². The molecule has 1 aromatic heterocycles. The molecule has 3 atom stereocenters. The van der Waals surface area contributed by atoms with Gasteiger partial charge >= 0.3 is 0 Å². The number of carbonyl (C=O) groups excluding carboxylic acids is 1. The minimum atomic E-state index is -0.0543. The van der Waals surface area contributed by atoms with Crippen molar-refractivity contribution in [3.8, 4) is 0 Å². The van der Waals surface area contributed by atoms with Crippen molar-refractivity contribution < 1.29 is 4.79 Å². The molecule has 0 aromatic carbocycles. The van der Waals surface area contributed by atoms with Gasteiger partial charge in [0.05, 0.1) is 6.04 Å². The zero-order valence-corrected chi connectivity index (χ0v) is 12.1. The molecular formula is C13H18N2OS2. The number of thiophene rings is 1. The highest BCUT2D eigenvalue weighted by Crippen LogP contribution is 2.32. The number of carbonyl (C=O) groups is 1. The highest BCUT2D eigenvalue weighted by Gasteiger charge is 2.38. The average molecular weight is 282 g/mol. The number of amides is 1. The molecule has 3 rings (SSSR count). The Labute approximate surface area is 116 Å². The van der Waals surface area contributed by atoms with Crippen molar-refractivity contribution in [2.45, 2.75) is 37.2 Å². The molecule has 0 radical (unpaired) electrons. The fourth-order valence-electron chi connectivity index (χ4n) is 2.68. The lowest BCUT2D eigenvalue weighted by Gasteiger charge is -2.26. The third-order valence-electron chi connectivity index (χ3n) is 3.66. The van der Waals surface area contributed by atoms with Gasteiger partial charge in [-0.1, -0.05) is 0 Å². The maximum absolute atomic E-state index is 12.3. The Morgan fingerprint density at radius 1 is 1.56 bits per heavy atom. The summed E-state index contributed by atoms with van der Waals surface area (Å²) in [5, 5.41) is 8.24. The molecule has 98 valence electrons. The molecule has 0 aliphatic carbocycles. The van der Waals surface area contributed by atoms with E-state index in [1.54, 1.807) is 11.3 Å². The van der Waals surface area contributed by atoms with Crippen LogP contribution in [-0.2, 0) is 4.79 Å². The van der Waals surface area contributed by atoms with Gasteiger partial charge in [0.1, 0.15) is 6.17 Å². The van der Waals surface area contributed by atoms with Gasteiger partial charge in [0.25, 0.3) is 0 Å². The summed E-state index contributed by atoms with van der Waals surface area (Å²) >= 11 is 3.70. The summed E-state index contributed by atoms with van der Waals surface area (Å²) in [6.07, 6.45) is 2.63. The molecule has 2 saturated heterocycles. The number of hydrogen-bond acceptors (Lipinski definition) is 4. The van der Waals surface area contributed by atoms with Crippen LogP contribution in [-0.4, -0.2) is 34.4 Å². The minimum absolute atomic E-state index is 0.0543. The molecule has 18 heavy (non-hydrogen) atoms. The van der Waals surface area contributed by atoms with Gasteiger partial charge in [-0.15, -0.1) is 0 Å². The second kappa shape index (κ2) is 5.23. The zero-order chi connectivity index (χ0) is 12.5. The Hall–Kier alpha value is -0.520. The summed E-state index contributed by atoms with van der Waals surface area (Å²) in [5.41, 5.74) is 1.22. The SMILES string of the molecule is CC1NC(c2ccsc2)N(CC2CCCS2)C1=O. The van der Waals surface area contributed by atoms with Crippen LogP contribution < -0.4 is 5.32 Å². The van der Waals surface area contributed by atoms with Gasteiger partial charge in [0.15, 0.2) is 0 Å². The first-order valence-corrected chi connectivity index (χ1v) is 8.45. The first kappa shape index (κ1) is 12.5. The Morgan fingerprint density at radius 3 is 3.11 bits per heavy atom. The van der Waals surface area contributed by atoms with E-state index in [-0.39, 0.29) is 18.1 Å². The summed E-state index contributed by atoms with van der Waals surface area (Å²) in [6.45, 7) is 2.85. The highest BCUT2D eigenvalue weighted by atomic mass is 32.2. The van der Waals surface area contributed by atoms with Gasteiger partial charge in [-0.2, -0.15) is 23.1 Å². The predicted octanol–water partition coefficient (Wildman–Crippen LogP) is 2.46. The van der Waals surface area contributed by atoms with Crippen LogP contribution in [0.1, 0.15) is 31.5 Å². The molecule has 2 fully saturated rings. The predicted molar refractivity (Wildman–Crippen MR) is 76.9 cm³/mol. The largest absolute Gasteiger partial charge is 0.320 e.